The molecule has 4 aromatic rings. The highest BCUT2D eigenvalue weighted by Gasteiger charge is 2.27. The van der Waals surface area contributed by atoms with Crippen molar-refractivity contribution in [3.63, 3.8) is 0 Å². The smallest absolute Gasteiger partial charge is 0.247 e. The van der Waals surface area contributed by atoms with Crippen LogP contribution in [0.5, 0.6) is 17.4 Å². The van der Waals surface area contributed by atoms with E-state index < -0.39 is 6.23 Å². The summed E-state index contributed by atoms with van der Waals surface area (Å²) < 4.78 is 18.5. The minimum atomic E-state index is -0.595. The molecule has 1 aliphatic heterocycles. The topological polar surface area (TPSA) is 78.4 Å². The van der Waals surface area contributed by atoms with Gasteiger partial charge in [0.15, 0.2) is 23.4 Å². The molecule has 9 heteroatoms. The van der Waals surface area contributed by atoms with E-state index in [1.165, 1.54) is 12.8 Å². The summed E-state index contributed by atoms with van der Waals surface area (Å²) in [5, 5.41) is 13.4. The van der Waals surface area contributed by atoms with Gasteiger partial charge in [0.25, 0.3) is 0 Å². The molecule has 0 unspecified atom stereocenters. The van der Waals surface area contributed by atoms with E-state index in [9.17, 15) is 0 Å². The quantitative estimate of drug-likeness (QED) is 0.146. The fourth-order valence-electron chi connectivity index (χ4n) is 4.25. The lowest BCUT2D eigenvalue weighted by Crippen LogP contribution is -2.17. The maximum absolute atomic E-state index is 6.78. The van der Waals surface area contributed by atoms with Gasteiger partial charge in [-0.1, -0.05) is 91.7 Å². The number of thioether (sulfide) groups is 1. The molecule has 3 aromatic carbocycles. The summed E-state index contributed by atoms with van der Waals surface area (Å²) in [4.78, 5) is 4.75. The number of unbranched alkanes of at least 4 members (excludes halogenated alkanes) is 2. The fourth-order valence-corrected chi connectivity index (χ4v) is 5.30. The Kier molecular flexibility index (Phi) is 9.06. The maximum Gasteiger partial charge on any atom is 0.247 e. The van der Waals surface area contributed by atoms with Crippen molar-refractivity contribution in [2.75, 3.05) is 17.7 Å². The second-order valence-electron chi connectivity index (χ2n) is 9.03. The second-order valence-corrected chi connectivity index (χ2v) is 10.5. The van der Waals surface area contributed by atoms with E-state index in [4.69, 9.17) is 30.8 Å². The SMILES string of the molecule is CCCCCSc1nnc2c(n1)O[C@@H](c1cc(Cl)c(OCc3ccccc3)c(OCC)c1)Nc1ccccc1-2. The number of halogens is 1. The number of hydrogen-bond donors (Lipinski definition) is 1. The summed E-state index contributed by atoms with van der Waals surface area (Å²) in [6, 6.07) is 21.6. The van der Waals surface area contributed by atoms with Gasteiger partial charge in [-0.25, -0.2) is 0 Å². The largest absolute Gasteiger partial charge is 0.490 e. The minimum Gasteiger partial charge on any atom is -0.490 e. The van der Waals surface area contributed by atoms with Gasteiger partial charge in [0.2, 0.25) is 11.0 Å². The van der Waals surface area contributed by atoms with Crippen molar-refractivity contribution >= 4 is 29.1 Å². The molecule has 0 radical (unpaired) electrons. The normalized spacial score (nSPS) is 13.9. The highest BCUT2D eigenvalue weighted by atomic mass is 35.5. The van der Waals surface area contributed by atoms with Gasteiger partial charge in [0, 0.05) is 22.6 Å². The molecule has 0 bridgehead atoms. The summed E-state index contributed by atoms with van der Waals surface area (Å²) in [7, 11) is 0. The lowest BCUT2D eigenvalue weighted by molar-refractivity contribution is 0.223. The first kappa shape index (κ1) is 27.1. The Morgan fingerprint density at radius 2 is 1.79 bits per heavy atom. The third-order valence-electron chi connectivity index (χ3n) is 6.17. The Morgan fingerprint density at radius 1 is 0.974 bits per heavy atom. The molecule has 2 heterocycles. The van der Waals surface area contributed by atoms with Crippen LogP contribution in [0.25, 0.3) is 11.3 Å². The Morgan fingerprint density at radius 3 is 2.62 bits per heavy atom. The number of rotatable bonds is 11. The van der Waals surface area contributed by atoms with Crippen LogP contribution in [0.15, 0.2) is 71.9 Å². The maximum atomic E-state index is 6.78. The first-order valence-corrected chi connectivity index (χ1v) is 14.6. The van der Waals surface area contributed by atoms with Gasteiger partial charge in [-0.05, 0) is 37.1 Å². The lowest BCUT2D eigenvalue weighted by atomic mass is 10.1. The minimum absolute atomic E-state index is 0.375. The van der Waals surface area contributed by atoms with E-state index in [2.05, 4.69) is 22.4 Å². The average molecular weight is 563 g/mol. The molecular weight excluding hydrogens is 532 g/mol. The van der Waals surface area contributed by atoms with Gasteiger partial charge < -0.3 is 19.5 Å². The molecule has 0 fully saturated rings. The fraction of sp³-hybridized carbons (Fsp3) is 0.300. The van der Waals surface area contributed by atoms with Crippen molar-refractivity contribution in [3.05, 3.63) is 82.9 Å². The average Bonchev–Trinajstić information content (AvgIpc) is 3.12. The summed E-state index contributed by atoms with van der Waals surface area (Å²) in [5.41, 5.74) is 4.14. The Balaban J connectivity index is 1.46. The van der Waals surface area contributed by atoms with Crippen molar-refractivity contribution in [1.29, 1.82) is 0 Å². The van der Waals surface area contributed by atoms with E-state index in [-0.39, 0.29) is 0 Å². The van der Waals surface area contributed by atoms with E-state index in [0.717, 1.165) is 34.6 Å². The molecule has 1 atom stereocenters. The molecule has 39 heavy (non-hydrogen) atoms. The van der Waals surface area contributed by atoms with Crippen LogP contribution in [0.4, 0.5) is 5.69 Å². The van der Waals surface area contributed by atoms with Gasteiger partial charge in [-0.2, -0.15) is 4.98 Å². The van der Waals surface area contributed by atoms with Crippen molar-refractivity contribution in [2.45, 2.75) is 51.1 Å². The Labute approximate surface area is 238 Å². The molecule has 5 rings (SSSR count). The number of anilines is 1. The highest BCUT2D eigenvalue weighted by molar-refractivity contribution is 7.99. The van der Waals surface area contributed by atoms with Gasteiger partial charge in [-0.3, -0.25) is 0 Å². The molecule has 0 amide bonds. The van der Waals surface area contributed by atoms with Gasteiger partial charge in [-0.15, -0.1) is 10.2 Å². The van der Waals surface area contributed by atoms with Crippen LogP contribution in [-0.4, -0.2) is 27.5 Å². The molecule has 202 valence electrons. The molecule has 0 spiro atoms. The Bertz CT molecular complexity index is 1410. The Hall–Kier alpha value is -3.49. The van der Waals surface area contributed by atoms with Crippen LogP contribution in [0.1, 0.15) is 50.5 Å². The summed E-state index contributed by atoms with van der Waals surface area (Å²) in [6.07, 6.45) is 2.85. The van der Waals surface area contributed by atoms with Gasteiger partial charge in [0.05, 0.1) is 11.6 Å². The van der Waals surface area contributed by atoms with Crippen LogP contribution in [0.2, 0.25) is 5.02 Å². The summed E-state index contributed by atoms with van der Waals surface area (Å²) >= 11 is 8.37. The molecule has 1 aromatic heterocycles. The number of nitrogens with zero attached hydrogens (tertiary/aromatic N) is 3. The predicted molar refractivity (Wildman–Crippen MR) is 156 cm³/mol. The van der Waals surface area contributed by atoms with Crippen molar-refractivity contribution in [3.8, 4) is 28.6 Å². The zero-order chi connectivity index (χ0) is 27.0. The number of aromatic nitrogens is 3. The lowest BCUT2D eigenvalue weighted by Gasteiger charge is -2.22. The van der Waals surface area contributed by atoms with Crippen molar-refractivity contribution < 1.29 is 14.2 Å². The van der Waals surface area contributed by atoms with E-state index in [1.807, 2.05) is 73.7 Å². The highest BCUT2D eigenvalue weighted by Crippen LogP contribution is 2.43. The van der Waals surface area contributed by atoms with Crippen LogP contribution < -0.4 is 19.5 Å². The molecule has 0 saturated carbocycles. The van der Waals surface area contributed by atoms with Gasteiger partial charge in [0.1, 0.15) is 6.61 Å². The molecular formula is C30H31ClN4O3S. The molecule has 0 saturated heterocycles. The zero-order valence-corrected chi connectivity index (χ0v) is 23.6. The molecule has 7 nitrogen and oxygen atoms in total. The third kappa shape index (κ3) is 6.57. The van der Waals surface area contributed by atoms with Crippen LogP contribution >= 0.6 is 23.4 Å². The van der Waals surface area contributed by atoms with Crippen molar-refractivity contribution in [2.24, 2.45) is 0 Å². The number of hydrogen-bond acceptors (Lipinski definition) is 8. The zero-order valence-electron chi connectivity index (χ0n) is 22.0. The van der Waals surface area contributed by atoms with Gasteiger partial charge >= 0.3 is 0 Å². The molecule has 1 N–H and O–H groups in total. The predicted octanol–water partition coefficient (Wildman–Crippen LogP) is 7.96. The second kappa shape index (κ2) is 13.0. The van der Waals surface area contributed by atoms with E-state index in [1.54, 1.807) is 11.8 Å². The van der Waals surface area contributed by atoms with Crippen LogP contribution in [0, 0.1) is 0 Å². The first-order valence-electron chi connectivity index (χ1n) is 13.2. The number of para-hydroxylation sites is 1. The standard InChI is InChI=1S/C30H31ClN4O3S/c1-3-5-11-16-39-30-33-29-26(34-35-30)22-14-9-10-15-24(22)32-28(38-29)21-17-23(31)27(25(18-21)36-4-2)37-19-20-12-7-6-8-13-20/h6-10,12-15,17-18,28,32H,3-5,11,16,19H2,1-2H3/t28-/m0/s1. The number of ether oxygens (including phenoxy) is 3. The summed E-state index contributed by atoms with van der Waals surface area (Å²) in [6.45, 7) is 4.95. The summed E-state index contributed by atoms with van der Waals surface area (Å²) in [5.74, 6) is 2.40. The van der Waals surface area contributed by atoms with Crippen LogP contribution in [0.3, 0.4) is 0 Å². The monoisotopic (exact) mass is 562 g/mol. The number of fused-ring (bicyclic) bond motifs is 3. The molecule has 0 aliphatic carbocycles. The van der Waals surface area contributed by atoms with Crippen LogP contribution in [-0.2, 0) is 6.61 Å². The number of nitrogens with one attached hydrogen (secondary N) is 1. The van der Waals surface area contributed by atoms with E-state index in [0.29, 0.717) is 46.5 Å². The first-order chi connectivity index (χ1) is 19.2. The van der Waals surface area contributed by atoms with E-state index >= 15 is 0 Å². The number of benzene rings is 3. The molecule has 1 aliphatic rings. The third-order valence-corrected chi connectivity index (χ3v) is 7.38. The van der Waals surface area contributed by atoms with Crippen molar-refractivity contribution in [1.82, 2.24) is 15.2 Å².